The minimum Gasteiger partial charge on any atom is -0.491 e. The quantitative estimate of drug-likeness (QED) is 0.717. The molecule has 3 aromatic rings. The van der Waals surface area contributed by atoms with Crippen LogP contribution in [0.4, 0.5) is 0 Å². The number of amides is 1. The smallest absolute Gasteiger partial charge is 0.251 e. The van der Waals surface area contributed by atoms with Crippen molar-refractivity contribution < 1.29 is 13.9 Å². The van der Waals surface area contributed by atoms with Gasteiger partial charge in [-0.15, -0.1) is 0 Å². The summed E-state index contributed by atoms with van der Waals surface area (Å²) in [5, 5.41) is 7.19. The molecule has 2 heterocycles. The van der Waals surface area contributed by atoms with Gasteiger partial charge in [-0.05, 0) is 56.3 Å². The maximum absolute atomic E-state index is 12.4. The molecule has 1 N–H and O–H groups in total. The van der Waals surface area contributed by atoms with E-state index in [0.717, 1.165) is 11.5 Å². The van der Waals surface area contributed by atoms with Gasteiger partial charge < -0.3 is 14.5 Å². The lowest BCUT2D eigenvalue weighted by atomic mass is 10.2. The Morgan fingerprint density at radius 1 is 1.24 bits per heavy atom. The van der Waals surface area contributed by atoms with Crippen molar-refractivity contribution in [2.75, 3.05) is 6.54 Å². The monoisotopic (exact) mass is 339 g/mol. The van der Waals surface area contributed by atoms with Gasteiger partial charge in [0.15, 0.2) is 0 Å². The molecule has 0 aliphatic rings. The normalized spacial score (nSPS) is 12.1. The molecular formula is C19H21N3O3. The van der Waals surface area contributed by atoms with Crippen molar-refractivity contribution in [3.8, 4) is 5.75 Å². The van der Waals surface area contributed by atoms with Gasteiger partial charge in [-0.25, -0.2) is 0 Å². The van der Waals surface area contributed by atoms with Gasteiger partial charge in [0.2, 0.25) is 0 Å². The number of aromatic nitrogens is 2. The molecule has 0 fully saturated rings. The van der Waals surface area contributed by atoms with Crippen molar-refractivity contribution in [3.05, 3.63) is 72.4 Å². The maximum atomic E-state index is 12.4. The summed E-state index contributed by atoms with van der Waals surface area (Å²) in [6, 6.07) is 12.4. The van der Waals surface area contributed by atoms with Gasteiger partial charge in [0, 0.05) is 24.5 Å². The molecule has 6 nitrogen and oxygen atoms in total. The first-order chi connectivity index (χ1) is 12.1. The van der Waals surface area contributed by atoms with Crippen molar-refractivity contribution in [1.29, 1.82) is 0 Å². The zero-order valence-electron chi connectivity index (χ0n) is 14.3. The zero-order chi connectivity index (χ0) is 17.6. The first kappa shape index (κ1) is 16.8. The number of hydrogen-bond acceptors (Lipinski definition) is 4. The number of furan rings is 1. The SMILES string of the molecule is CC(C)Oc1ccc(C(=O)NC[C@@H](c2ccco2)n2cccn2)cc1. The van der Waals surface area contributed by atoms with Gasteiger partial charge in [-0.2, -0.15) is 5.10 Å². The van der Waals surface area contributed by atoms with Crippen LogP contribution in [0.2, 0.25) is 0 Å². The molecule has 0 aliphatic heterocycles. The van der Waals surface area contributed by atoms with Gasteiger partial charge >= 0.3 is 0 Å². The Hall–Kier alpha value is -3.02. The minimum atomic E-state index is -0.197. The molecule has 0 saturated carbocycles. The van der Waals surface area contributed by atoms with E-state index in [1.807, 2.05) is 38.2 Å². The van der Waals surface area contributed by atoms with Gasteiger partial charge in [0.05, 0.1) is 12.4 Å². The van der Waals surface area contributed by atoms with E-state index in [0.29, 0.717) is 12.1 Å². The molecule has 3 rings (SSSR count). The molecule has 0 saturated heterocycles. The van der Waals surface area contributed by atoms with Gasteiger partial charge in [-0.3, -0.25) is 9.48 Å². The van der Waals surface area contributed by atoms with Crippen LogP contribution in [0, 0.1) is 0 Å². The lowest BCUT2D eigenvalue weighted by molar-refractivity contribution is 0.0948. The van der Waals surface area contributed by atoms with E-state index in [4.69, 9.17) is 9.15 Å². The van der Waals surface area contributed by atoms with Gasteiger partial charge in [0.25, 0.3) is 5.91 Å². The molecule has 0 unspecified atom stereocenters. The Labute approximate surface area is 146 Å². The fraction of sp³-hybridized carbons (Fsp3) is 0.263. The number of nitrogens with one attached hydrogen (secondary N) is 1. The summed E-state index contributed by atoms with van der Waals surface area (Å²) in [6.07, 6.45) is 5.26. The maximum Gasteiger partial charge on any atom is 0.251 e. The largest absolute Gasteiger partial charge is 0.491 e. The molecule has 0 aliphatic carbocycles. The zero-order valence-corrected chi connectivity index (χ0v) is 14.3. The molecule has 0 radical (unpaired) electrons. The predicted octanol–water partition coefficient (Wildman–Crippen LogP) is 3.28. The Kier molecular flexibility index (Phi) is 5.18. The molecule has 1 atom stereocenters. The molecule has 25 heavy (non-hydrogen) atoms. The third kappa shape index (κ3) is 4.29. The van der Waals surface area contributed by atoms with Crippen LogP contribution in [0.5, 0.6) is 5.75 Å². The molecule has 130 valence electrons. The highest BCUT2D eigenvalue weighted by molar-refractivity contribution is 5.94. The third-order valence-corrected chi connectivity index (χ3v) is 3.66. The Bertz CT molecular complexity index is 744. The van der Waals surface area contributed by atoms with E-state index in [9.17, 15) is 4.79 Å². The van der Waals surface area contributed by atoms with Crippen LogP contribution in [0.15, 0.2) is 65.5 Å². The molecule has 1 aromatic carbocycles. The molecule has 0 bridgehead atoms. The number of carbonyl (C=O) groups is 1. The molecule has 2 aromatic heterocycles. The number of ether oxygens (including phenoxy) is 1. The van der Waals surface area contributed by atoms with Crippen molar-refractivity contribution in [2.24, 2.45) is 0 Å². The van der Waals surface area contributed by atoms with E-state index in [1.54, 1.807) is 41.4 Å². The van der Waals surface area contributed by atoms with Crippen molar-refractivity contribution in [2.45, 2.75) is 26.0 Å². The van der Waals surface area contributed by atoms with Crippen LogP contribution in [0.3, 0.4) is 0 Å². The van der Waals surface area contributed by atoms with Crippen molar-refractivity contribution in [3.63, 3.8) is 0 Å². The topological polar surface area (TPSA) is 69.3 Å². The van der Waals surface area contributed by atoms with Crippen LogP contribution in [-0.2, 0) is 0 Å². The summed E-state index contributed by atoms with van der Waals surface area (Å²) >= 11 is 0. The van der Waals surface area contributed by atoms with E-state index in [-0.39, 0.29) is 18.1 Å². The van der Waals surface area contributed by atoms with Crippen molar-refractivity contribution >= 4 is 5.91 Å². The lowest BCUT2D eigenvalue weighted by Gasteiger charge is -2.16. The number of nitrogens with zero attached hydrogens (tertiary/aromatic N) is 2. The molecule has 6 heteroatoms. The van der Waals surface area contributed by atoms with Crippen LogP contribution < -0.4 is 10.1 Å². The first-order valence-electron chi connectivity index (χ1n) is 8.21. The Morgan fingerprint density at radius 2 is 2.04 bits per heavy atom. The summed E-state index contributed by atoms with van der Waals surface area (Å²) < 4.78 is 12.8. The highest BCUT2D eigenvalue weighted by atomic mass is 16.5. The van der Waals surface area contributed by atoms with Gasteiger partial charge in [-0.1, -0.05) is 0 Å². The second-order valence-corrected chi connectivity index (χ2v) is 5.92. The number of hydrogen-bond donors (Lipinski definition) is 1. The highest BCUT2D eigenvalue weighted by Gasteiger charge is 2.18. The highest BCUT2D eigenvalue weighted by Crippen LogP contribution is 2.18. The number of rotatable bonds is 7. The summed E-state index contributed by atoms with van der Waals surface area (Å²) in [5.41, 5.74) is 0.578. The third-order valence-electron chi connectivity index (χ3n) is 3.66. The van der Waals surface area contributed by atoms with E-state index >= 15 is 0 Å². The molecule has 1 amide bonds. The first-order valence-corrected chi connectivity index (χ1v) is 8.21. The lowest BCUT2D eigenvalue weighted by Crippen LogP contribution is -2.31. The average Bonchev–Trinajstić information content (AvgIpc) is 3.29. The van der Waals surface area contributed by atoms with Crippen LogP contribution in [-0.4, -0.2) is 28.3 Å². The van der Waals surface area contributed by atoms with E-state index in [2.05, 4.69) is 10.4 Å². The Morgan fingerprint density at radius 3 is 2.64 bits per heavy atom. The Balaban J connectivity index is 1.65. The standard InChI is InChI=1S/C19H21N3O3/c1-14(2)25-16-8-6-15(7-9-16)19(23)20-13-17(18-5-3-12-24-18)22-11-4-10-21-22/h3-12,14,17H,13H2,1-2H3,(H,20,23)/t17-/m0/s1. The fourth-order valence-electron chi connectivity index (χ4n) is 2.52. The minimum absolute atomic E-state index is 0.0998. The van der Waals surface area contributed by atoms with Gasteiger partial charge in [0.1, 0.15) is 17.6 Å². The van der Waals surface area contributed by atoms with E-state index in [1.165, 1.54) is 0 Å². The summed E-state index contributed by atoms with van der Waals surface area (Å²) in [5.74, 6) is 1.33. The fourth-order valence-corrected chi connectivity index (χ4v) is 2.52. The average molecular weight is 339 g/mol. The van der Waals surface area contributed by atoms with Crippen LogP contribution in [0.1, 0.15) is 36.0 Å². The predicted molar refractivity (Wildman–Crippen MR) is 93.6 cm³/mol. The summed E-state index contributed by atoms with van der Waals surface area (Å²) in [4.78, 5) is 12.4. The van der Waals surface area contributed by atoms with Crippen LogP contribution in [0.25, 0.3) is 0 Å². The second-order valence-electron chi connectivity index (χ2n) is 5.92. The van der Waals surface area contributed by atoms with Crippen LogP contribution >= 0.6 is 0 Å². The number of benzene rings is 1. The number of carbonyl (C=O) groups excluding carboxylic acids is 1. The molecule has 0 spiro atoms. The second kappa shape index (κ2) is 7.70. The molecular weight excluding hydrogens is 318 g/mol. The summed E-state index contributed by atoms with van der Waals surface area (Å²) in [6.45, 7) is 4.30. The van der Waals surface area contributed by atoms with E-state index < -0.39 is 0 Å². The van der Waals surface area contributed by atoms with Crippen molar-refractivity contribution in [1.82, 2.24) is 15.1 Å². The summed E-state index contributed by atoms with van der Waals surface area (Å²) in [7, 11) is 0.